The van der Waals surface area contributed by atoms with Crippen molar-refractivity contribution in [2.75, 3.05) is 13.1 Å². The van der Waals surface area contributed by atoms with Gasteiger partial charge in [0.1, 0.15) is 0 Å². The summed E-state index contributed by atoms with van der Waals surface area (Å²) in [6.45, 7) is 4.11. The van der Waals surface area contributed by atoms with E-state index < -0.39 is 0 Å². The summed E-state index contributed by atoms with van der Waals surface area (Å²) in [5.41, 5.74) is 10.4. The molecule has 1 fully saturated rings. The molecule has 4 heteroatoms. The van der Waals surface area contributed by atoms with Gasteiger partial charge in [0.15, 0.2) is 5.96 Å². The maximum Gasteiger partial charge on any atom is 0.186 e. The maximum atomic E-state index is 5.22. The van der Waals surface area contributed by atoms with Crippen molar-refractivity contribution in [3.05, 3.63) is 0 Å². The smallest absolute Gasteiger partial charge is 0.186 e. The molecule has 1 aliphatic rings. The molecule has 0 radical (unpaired) electrons. The van der Waals surface area contributed by atoms with E-state index in [0.717, 1.165) is 13.1 Å². The number of guanidine groups is 1. The molecule has 58 valence electrons. The predicted molar refractivity (Wildman–Crippen MR) is 41.6 cm³/mol. The van der Waals surface area contributed by atoms with Crippen LogP contribution in [0.2, 0.25) is 0 Å². The Morgan fingerprint density at radius 2 is 2.20 bits per heavy atom. The lowest BCUT2D eigenvalue weighted by Crippen LogP contribution is -2.47. The van der Waals surface area contributed by atoms with E-state index in [2.05, 4.69) is 10.3 Å². The van der Waals surface area contributed by atoms with Crippen LogP contribution >= 0.6 is 0 Å². The molecule has 1 aliphatic heterocycles. The summed E-state index contributed by atoms with van der Waals surface area (Å²) in [7, 11) is 0. The summed E-state index contributed by atoms with van der Waals surface area (Å²) in [6, 6.07) is 0.270. The average Bonchev–Trinajstić information content (AvgIpc) is 1.55. The molecule has 0 aromatic carbocycles. The van der Waals surface area contributed by atoms with E-state index in [0.29, 0.717) is 5.92 Å². The Balaban J connectivity index is 2.33. The van der Waals surface area contributed by atoms with E-state index in [9.17, 15) is 0 Å². The van der Waals surface area contributed by atoms with Gasteiger partial charge in [-0.05, 0) is 6.92 Å². The first-order valence-corrected chi connectivity index (χ1v) is 3.49. The monoisotopic (exact) mass is 142 g/mol. The van der Waals surface area contributed by atoms with E-state index in [4.69, 9.17) is 11.5 Å². The van der Waals surface area contributed by atoms with Crippen LogP contribution in [0.1, 0.15) is 6.92 Å². The van der Waals surface area contributed by atoms with Crippen molar-refractivity contribution >= 4 is 5.96 Å². The molecule has 0 aromatic rings. The second-order valence-electron chi connectivity index (χ2n) is 2.71. The van der Waals surface area contributed by atoms with E-state index in [1.54, 1.807) is 0 Å². The third-order valence-electron chi connectivity index (χ3n) is 1.85. The molecular weight excluding hydrogens is 128 g/mol. The van der Waals surface area contributed by atoms with Gasteiger partial charge in [-0.3, -0.25) is 4.99 Å². The minimum absolute atomic E-state index is 0.194. The largest absolute Gasteiger partial charge is 0.370 e. The summed E-state index contributed by atoms with van der Waals surface area (Å²) >= 11 is 0. The van der Waals surface area contributed by atoms with Gasteiger partial charge >= 0.3 is 0 Å². The molecule has 10 heavy (non-hydrogen) atoms. The highest BCUT2D eigenvalue weighted by Crippen LogP contribution is 2.11. The zero-order chi connectivity index (χ0) is 7.56. The summed E-state index contributed by atoms with van der Waals surface area (Å²) in [6.07, 6.45) is 0. The molecule has 0 bridgehead atoms. The molecule has 0 aromatic heterocycles. The lowest BCUT2D eigenvalue weighted by atomic mass is 9.96. The van der Waals surface area contributed by atoms with Crippen molar-refractivity contribution < 1.29 is 0 Å². The van der Waals surface area contributed by atoms with Gasteiger partial charge in [0, 0.05) is 19.0 Å². The number of nitrogens with two attached hydrogens (primary N) is 2. The van der Waals surface area contributed by atoms with Crippen LogP contribution in [0.25, 0.3) is 0 Å². The van der Waals surface area contributed by atoms with Crippen molar-refractivity contribution in [2.24, 2.45) is 22.4 Å². The summed E-state index contributed by atoms with van der Waals surface area (Å²) in [5, 5.41) is 3.16. The Morgan fingerprint density at radius 1 is 1.60 bits per heavy atom. The second-order valence-corrected chi connectivity index (χ2v) is 2.71. The van der Waals surface area contributed by atoms with Crippen molar-refractivity contribution in [3.8, 4) is 0 Å². The number of hydrogen-bond acceptors (Lipinski definition) is 2. The van der Waals surface area contributed by atoms with Gasteiger partial charge in [-0.1, -0.05) is 0 Å². The molecule has 5 N–H and O–H groups in total. The Morgan fingerprint density at radius 3 is 2.50 bits per heavy atom. The maximum absolute atomic E-state index is 5.22. The third kappa shape index (κ3) is 1.60. The molecule has 0 amide bonds. The van der Waals surface area contributed by atoms with Gasteiger partial charge in [0.25, 0.3) is 0 Å². The fourth-order valence-corrected chi connectivity index (χ4v) is 0.993. The van der Waals surface area contributed by atoms with E-state index >= 15 is 0 Å². The number of hydrogen-bond donors (Lipinski definition) is 3. The first-order chi connectivity index (χ1) is 4.70. The Labute approximate surface area is 60.7 Å². The molecule has 4 nitrogen and oxygen atoms in total. The highest BCUT2D eigenvalue weighted by atomic mass is 15.0. The van der Waals surface area contributed by atoms with Crippen LogP contribution < -0.4 is 16.8 Å². The SMILES string of the molecule is CC(N=C(N)N)C1CNC1. The molecule has 0 spiro atoms. The number of nitrogens with zero attached hydrogens (tertiary/aromatic N) is 1. The van der Waals surface area contributed by atoms with Gasteiger partial charge in [-0.15, -0.1) is 0 Å². The third-order valence-corrected chi connectivity index (χ3v) is 1.85. The zero-order valence-corrected chi connectivity index (χ0v) is 6.17. The van der Waals surface area contributed by atoms with Crippen LogP contribution in [0.15, 0.2) is 4.99 Å². The zero-order valence-electron chi connectivity index (χ0n) is 6.17. The second kappa shape index (κ2) is 2.88. The van der Waals surface area contributed by atoms with E-state index in [1.807, 2.05) is 6.92 Å². The van der Waals surface area contributed by atoms with E-state index in [-0.39, 0.29) is 12.0 Å². The topological polar surface area (TPSA) is 76.4 Å². The Hall–Kier alpha value is -0.770. The van der Waals surface area contributed by atoms with Gasteiger partial charge in [-0.2, -0.15) is 0 Å². The number of rotatable bonds is 2. The van der Waals surface area contributed by atoms with Crippen LogP contribution in [0.5, 0.6) is 0 Å². The first kappa shape index (κ1) is 7.34. The van der Waals surface area contributed by atoms with Gasteiger partial charge in [0.05, 0.1) is 6.04 Å². The van der Waals surface area contributed by atoms with Crippen molar-refractivity contribution in [2.45, 2.75) is 13.0 Å². The fraction of sp³-hybridized carbons (Fsp3) is 0.833. The highest BCUT2D eigenvalue weighted by Gasteiger charge is 2.22. The number of aliphatic imine (C=N–C) groups is 1. The molecule has 0 aliphatic carbocycles. The van der Waals surface area contributed by atoms with Crippen LogP contribution in [0, 0.1) is 5.92 Å². The summed E-state index contributed by atoms with van der Waals surface area (Å²) in [5.74, 6) is 0.821. The fourth-order valence-electron chi connectivity index (χ4n) is 0.993. The molecule has 1 atom stereocenters. The van der Waals surface area contributed by atoms with Crippen molar-refractivity contribution in [3.63, 3.8) is 0 Å². The quantitative estimate of drug-likeness (QED) is 0.337. The molecule has 1 heterocycles. The number of nitrogens with one attached hydrogen (secondary N) is 1. The summed E-state index contributed by atoms with van der Waals surface area (Å²) < 4.78 is 0. The van der Waals surface area contributed by atoms with E-state index in [1.165, 1.54) is 0 Å². The van der Waals surface area contributed by atoms with Crippen molar-refractivity contribution in [1.82, 2.24) is 5.32 Å². The standard InChI is InChI=1S/C6H14N4/c1-4(10-6(7)8)5-2-9-3-5/h4-5,9H,2-3H2,1H3,(H4,7,8,10). The highest BCUT2D eigenvalue weighted by molar-refractivity contribution is 5.75. The Kier molecular flexibility index (Phi) is 2.11. The summed E-state index contributed by atoms with van der Waals surface area (Å²) in [4.78, 5) is 4.03. The van der Waals surface area contributed by atoms with Crippen molar-refractivity contribution in [1.29, 1.82) is 0 Å². The molecule has 1 saturated heterocycles. The first-order valence-electron chi connectivity index (χ1n) is 3.49. The van der Waals surface area contributed by atoms with Crippen LogP contribution in [-0.4, -0.2) is 25.1 Å². The molecule has 0 saturated carbocycles. The molecule has 1 rings (SSSR count). The molecular formula is C6H14N4. The lowest BCUT2D eigenvalue weighted by Gasteiger charge is -2.30. The van der Waals surface area contributed by atoms with Crippen LogP contribution in [-0.2, 0) is 0 Å². The molecule has 1 unspecified atom stereocenters. The Bertz CT molecular complexity index is 135. The minimum Gasteiger partial charge on any atom is -0.370 e. The van der Waals surface area contributed by atoms with Crippen LogP contribution in [0.4, 0.5) is 0 Å². The lowest BCUT2D eigenvalue weighted by molar-refractivity contribution is 0.305. The normalized spacial score (nSPS) is 21.3. The van der Waals surface area contributed by atoms with Gasteiger partial charge in [0.2, 0.25) is 0 Å². The minimum atomic E-state index is 0.194. The van der Waals surface area contributed by atoms with Gasteiger partial charge < -0.3 is 16.8 Å². The predicted octanol–water partition coefficient (Wildman–Crippen LogP) is -1.13. The van der Waals surface area contributed by atoms with Gasteiger partial charge in [-0.25, -0.2) is 0 Å². The average molecular weight is 142 g/mol. The van der Waals surface area contributed by atoms with Crippen LogP contribution in [0.3, 0.4) is 0 Å².